The van der Waals surface area contributed by atoms with Crippen molar-refractivity contribution in [3.05, 3.63) is 168 Å². The van der Waals surface area contributed by atoms with Crippen LogP contribution in [0.3, 0.4) is 0 Å². The van der Waals surface area contributed by atoms with Gasteiger partial charge in [0, 0.05) is 53.9 Å². The summed E-state index contributed by atoms with van der Waals surface area (Å²) in [6, 6.07) is 38.9. The van der Waals surface area contributed by atoms with E-state index in [1.165, 1.54) is 11.1 Å². The first-order valence-corrected chi connectivity index (χ1v) is 19.5. The van der Waals surface area contributed by atoms with Gasteiger partial charge in [-0.1, -0.05) is 78.9 Å². The topological polar surface area (TPSA) is 74.5 Å². The molecule has 0 amide bonds. The number of dihydropyridines is 1. The zero-order valence-corrected chi connectivity index (χ0v) is 31.5. The standard InChI is InChI=1S/C49H38N8/c1-55-30-45-48(53-31-55)46-37-14-4-6-18-43(37)56(35-28-41(39-16-8-10-25-50-39)54-42(29-35)40-17-9-11-26-51-40)44-19-7-5-15-38(44)49(46)57(45)34-22-20-33(21-23-34)47-36-13-3-2-12-32(36)24-27-52-47/h2,4-12,14-25,27-29,31,51H,3,13,26,30H2,1H3. The van der Waals surface area contributed by atoms with Gasteiger partial charge in [-0.3, -0.25) is 9.97 Å². The highest BCUT2D eigenvalue weighted by Gasteiger charge is 2.35. The number of anilines is 3. The quantitative estimate of drug-likeness (QED) is 0.190. The molecular weight excluding hydrogens is 701 g/mol. The highest BCUT2D eigenvalue weighted by Crippen LogP contribution is 2.56. The van der Waals surface area contributed by atoms with Crippen LogP contribution in [0.2, 0.25) is 0 Å². The summed E-state index contributed by atoms with van der Waals surface area (Å²) in [5.74, 6) is 0. The minimum atomic E-state index is 0.722. The number of aliphatic imine (C=N–C) groups is 1. The fourth-order valence-corrected chi connectivity index (χ4v) is 8.73. The van der Waals surface area contributed by atoms with Crippen LogP contribution < -0.4 is 10.2 Å². The van der Waals surface area contributed by atoms with Crippen molar-refractivity contribution < 1.29 is 0 Å². The molecule has 1 aliphatic carbocycles. The average Bonchev–Trinajstić information content (AvgIpc) is 3.54. The molecule has 1 N–H and O–H groups in total. The summed E-state index contributed by atoms with van der Waals surface area (Å²) in [5.41, 5.74) is 19.0. The highest BCUT2D eigenvalue weighted by molar-refractivity contribution is 6.07. The monoisotopic (exact) mass is 738 g/mol. The molecular formula is C49H38N8. The molecule has 4 aromatic heterocycles. The second-order valence-corrected chi connectivity index (χ2v) is 14.8. The first-order chi connectivity index (χ1) is 28.2. The Balaban J connectivity index is 1.15. The maximum atomic E-state index is 5.19. The van der Waals surface area contributed by atoms with E-state index in [0.29, 0.717) is 0 Å². The van der Waals surface area contributed by atoms with Gasteiger partial charge in [0.05, 0.1) is 75.5 Å². The van der Waals surface area contributed by atoms with Crippen LogP contribution in [-0.2, 0) is 13.0 Å². The van der Waals surface area contributed by atoms with Gasteiger partial charge in [-0.05, 0) is 84.6 Å². The molecule has 4 aliphatic rings. The summed E-state index contributed by atoms with van der Waals surface area (Å²) >= 11 is 0. The molecule has 0 radical (unpaired) electrons. The molecule has 8 heteroatoms. The molecule has 0 saturated carbocycles. The van der Waals surface area contributed by atoms with Crippen LogP contribution in [0.4, 0.5) is 22.7 Å². The van der Waals surface area contributed by atoms with E-state index in [9.17, 15) is 0 Å². The summed E-state index contributed by atoms with van der Waals surface area (Å²) < 4.78 is 2.44. The third-order valence-electron chi connectivity index (χ3n) is 11.3. The van der Waals surface area contributed by atoms with E-state index in [-0.39, 0.29) is 0 Å². The van der Waals surface area contributed by atoms with Crippen LogP contribution in [0.1, 0.15) is 28.9 Å². The SMILES string of the molecule is CN1C=Nc2c3c(n(-c4ccc(-c5nccc6c5CCC=C6)cc4)c2C1)-c1ccccc1N(c1cc(C2=CC=CCN2)nc(-c2ccccn2)c1)c1ccccc1-3. The number of para-hydroxylation sites is 2. The maximum Gasteiger partial charge on any atom is 0.0964 e. The van der Waals surface area contributed by atoms with Gasteiger partial charge >= 0.3 is 0 Å². The fraction of sp³-hybridized carbons (Fsp3) is 0.102. The van der Waals surface area contributed by atoms with E-state index < -0.39 is 0 Å². The first-order valence-electron chi connectivity index (χ1n) is 19.5. The van der Waals surface area contributed by atoms with Gasteiger partial charge in [0.2, 0.25) is 0 Å². The number of hydrogen-bond donors (Lipinski definition) is 1. The lowest BCUT2D eigenvalue weighted by Gasteiger charge is -2.29. The molecule has 274 valence electrons. The van der Waals surface area contributed by atoms with E-state index in [2.05, 4.69) is 148 Å². The number of hydrogen-bond acceptors (Lipinski definition) is 7. The van der Waals surface area contributed by atoms with Crippen LogP contribution in [0, 0.1) is 0 Å². The number of pyridine rings is 3. The number of allylic oxidation sites excluding steroid dienone is 3. The second kappa shape index (κ2) is 13.5. The Hall–Kier alpha value is -7.32. The van der Waals surface area contributed by atoms with Crippen molar-refractivity contribution >= 4 is 40.9 Å². The summed E-state index contributed by atoms with van der Waals surface area (Å²) in [5, 5.41) is 3.54. The molecule has 11 rings (SSSR count). The smallest absolute Gasteiger partial charge is 0.0964 e. The molecule has 57 heavy (non-hydrogen) atoms. The lowest BCUT2D eigenvalue weighted by Crippen LogP contribution is -2.20. The second-order valence-electron chi connectivity index (χ2n) is 14.8. The molecule has 3 aromatic carbocycles. The van der Waals surface area contributed by atoms with Crippen molar-refractivity contribution in [3.63, 3.8) is 0 Å². The third kappa shape index (κ3) is 5.52. The first kappa shape index (κ1) is 33.1. The Bertz CT molecular complexity index is 2840. The summed E-state index contributed by atoms with van der Waals surface area (Å²) in [7, 11) is 2.09. The number of benzene rings is 3. The van der Waals surface area contributed by atoms with Crippen LogP contribution in [0.25, 0.3) is 62.5 Å². The Kier molecular flexibility index (Phi) is 7.80. The number of nitrogens with one attached hydrogen (secondary N) is 1. The minimum Gasteiger partial charge on any atom is -0.380 e. The average molecular weight is 739 g/mol. The summed E-state index contributed by atoms with van der Waals surface area (Å²) in [6.07, 6.45) is 18.5. The number of fused-ring (bicyclic) bond motifs is 8. The molecule has 7 aromatic rings. The predicted molar refractivity (Wildman–Crippen MR) is 231 cm³/mol. The van der Waals surface area contributed by atoms with Crippen molar-refractivity contribution in [1.82, 2.24) is 29.7 Å². The third-order valence-corrected chi connectivity index (χ3v) is 11.3. The van der Waals surface area contributed by atoms with Gasteiger partial charge in [0.25, 0.3) is 0 Å². The number of nitrogens with zero attached hydrogens (tertiary/aromatic N) is 7. The summed E-state index contributed by atoms with van der Waals surface area (Å²) in [6.45, 7) is 1.47. The number of aromatic nitrogens is 4. The molecule has 0 unspecified atom stereocenters. The van der Waals surface area contributed by atoms with Crippen LogP contribution in [0.15, 0.2) is 151 Å². The van der Waals surface area contributed by atoms with Crippen molar-refractivity contribution in [2.24, 2.45) is 4.99 Å². The highest BCUT2D eigenvalue weighted by atomic mass is 15.2. The molecule has 8 nitrogen and oxygen atoms in total. The maximum absolute atomic E-state index is 5.19. The molecule has 0 saturated heterocycles. The van der Waals surface area contributed by atoms with E-state index in [1.807, 2.05) is 36.9 Å². The molecule has 3 aliphatic heterocycles. The number of rotatable bonds is 5. The van der Waals surface area contributed by atoms with Gasteiger partial charge in [0.1, 0.15) is 0 Å². The lowest BCUT2D eigenvalue weighted by molar-refractivity contribution is 0.496. The van der Waals surface area contributed by atoms with Crippen LogP contribution >= 0.6 is 0 Å². The van der Waals surface area contributed by atoms with Crippen LogP contribution in [0.5, 0.6) is 0 Å². The van der Waals surface area contributed by atoms with Crippen molar-refractivity contribution in [2.75, 3.05) is 18.5 Å². The zero-order valence-electron chi connectivity index (χ0n) is 31.5. The van der Waals surface area contributed by atoms with E-state index in [0.717, 1.165) is 116 Å². The van der Waals surface area contributed by atoms with Crippen LogP contribution in [-0.4, -0.2) is 44.3 Å². The minimum absolute atomic E-state index is 0.722. The van der Waals surface area contributed by atoms with Crippen molar-refractivity contribution in [3.8, 4) is 50.7 Å². The summed E-state index contributed by atoms with van der Waals surface area (Å²) in [4.78, 5) is 24.5. The van der Waals surface area contributed by atoms with Crippen molar-refractivity contribution in [2.45, 2.75) is 19.4 Å². The van der Waals surface area contributed by atoms with Gasteiger partial charge in [-0.15, -0.1) is 0 Å². The predicted octanol–water partition coefficient (Wildman–Crippen LogP) is 10.7. The normalized spacial score (nSPS) is 14.8. The molecule has 0 atom stereocenters. The lowest BCUT2D eigenvalue weighted by atomic mass is 9.93. The molecule has 0 bridgehead atoms. The fourth-order valence-electron chi connectivity index (χ4n) is 8.73. The molecule has 0 spiro atoms. The van der Waals surface area contributed by atoms with E-state index >= 15 is 0 Å². The molecule has 7 heterocycles. The van der Waals surface area contributed by atoms with Gasteiger partial charge in [-0.2, -0.15) is 0 Å². The Labute approximate surface area is 331 Å². The molecule has 0 fully saturated rings. The Morgan fingerprint density at radius 1 is 0.719 bits per heavy atom. The largest absolute Gasteiger partial charge is 0.380 e. The van der Waals surface area contributed by atoms with Gasteiger partial charge in [0.15, 0.2) is 0 Å². The zero-order chi connectivity index (χ0) is 37.9. The Morgan fingerprint density at radius 2 is 1.53 bits per heavy atom. The van der Waals surface area contributed by atoms with Gasteiger partial charge < -0.3 is 19.7 Å². The Morgan fingerprint density at radius 3 is 2.35 bits per heavy atom. The van der Waals surface area contributed by atoms with E-state index in [1.54, 1.807) is 0 Å². The van der Waals surface area contributed by atoms with Crippen molar-refractivity contribution in [1.29, 1.82) is 0 Å². The van der Waals surface area contributed by atoms with Gasteiger partial charge in [-0.25, -0.2) is 9.98 Å². The van der Waals surface area contributed by atoms with E-state index in [4.69, 9.17) is 19.9 Å².